The zero-order valence-electron chi connectivity index (χ0n) is 14.3. The average molecular weight is 326 g/mol. The molecule has 0 aromatic rings. The predicted molar refractivity (Wildman–Crippen MR) is 92.3 cm³/mol. The number of aldehydes is 1. The fourth-order valence-electron chi connectivity index (χ4n) is 6.17. The van der Waals surface area contributed by atoms with E-state index in [0.29, 0.717) is 23.7 Å². The minimum atomic E-state index is -0.733. The Hall–Kier alpha value is -1.64. The number of carboxylic acid groups (broad SMARTS) is 1. The minimum Gasteiger partial charge on any atom is -0.481 e. The van der Waals surface area contributed by atoms with Crippen LogP contribution in [0.1, 0.15) is 45.4 Å². The van der Waals surface area contributed by atoms with E-state index in [1.165, 1.54) is 11.9 Å². The number of hydrogen-bond donors (Lipinski definition) is 1. The zero-order valence-corrected chi connectivity index (χ0v) is 14.3. The molecule has 0 bridgehead atoms. The van der Waals surface area contributed by atoms with Gasteiger partial charge in [-0.2, -0.15) is 0 Å². The highest BCUT2D eigenvalue weighted by molar-refractivity contribution is 5.71. The maximum atomic E-state index is 11.5. The Kier molecular flexibility index (Phi) is 3.78. The van der Waals surface area contributed by atoms with Crippen LogP contribution < -0.4 is 0 Å². The smallest absolute Gasteiger partial charge is 0.307 e. The standard InChI is InChI=1S/C21H26O3/c1-21-10-9-17-16-4-2-3-13(11-20(23)24)15(16)6-7-18(17)19(21)8-5-14(21)12-22/h2,4,6-7,12,14,16-19H,3,5,8-11H2,1H3,(H,23,24)/t14?,16-,17+,18+,19-,21+/m0/s1. The summed E-state index contributed by atoms with van der Waals surface area (Å²) in [6, 6.07) is 0. The Labute approximate surface area is 143 Å². The van der Waals surface area contributed by atoms with Crippen LogP contribution in [0.25, 0.3) is 0 Å². The van der Waals surface area contributed by atoms with Gasteiger partial charge in [-0.05, 0) is 60.8 Å². The second-order valence-electron chi connectivity index (χ2n) is 8.36. The van der Waals surface area contributed by atoms with Crippen molar-refractivity contribution < 1.29 is 14.7 Å². The first-order chi connectivity index (χ1) is 11.5. The van der Waals surface area contributed by atoms with E-state index < -0.39 is 5.97 Å². The number of hydrogen-bond acceptors (Lipinski definition) is 2. The molecule has 6 atom stereocenters. The molecule has 128 valence electrons. The summed E-state index contributed by atoms with van der Waals surface area (Å²) in [7, 11) is 0. The van der Waals surface area contributed by atoms with E-state index in [2.05, 4.69) is 31.2 Å². The van der Waals surface area contributed by atoms with E-state index in [4.69, 9.17) is 0 Å². The molecular weight excluding hydrogens is 300 g/mol. The lowest BCUT2D eigenvalue weighted by Crippen LogP contribution is -2.44. The molecule has 1 unspecified atom stereocenters. The number of carbonyl (C=O) groups is 2. The van der Waals surface area contributed by atoms with Crippen molar-refractivity contribution in [1.82, 2.24) is 0 Å². The van der Waals surface area contributed by atoms with Crippen LogP contribution in [0.15, 0.2) is 35.5 Å². The van der Waals surface area contributed by atoms with Gasteiger partial charge in [-0.3, -0.25) is 4.79 Å². The minimum absolute atomic E-state index is 0.159. The molecule has 24 heavy (non-hydrogen) atoms. The molecule has 0 saturated heterocycles. The van der Waals surface area contributed by atoms with Gasteiger partial charge < -0.3 is 9.90 Å². The third-order valence-corrected chi connectivity index (χ3v) is 7.42. The van der Waals surface area contributed by atoms with Gasteiger partial charge in [0.15, 0.2) is 0 Å². The number of fused-ring (bicyclic) bond motifs is 5. The molecule has 3 heteroatoms. The third-order valence-electron chi connectivity index (χ3n) is 7.42. The van der Waals surface area contributed by atoms with Crippen molar-refractivity contribution >= 4 is 12.3 Å². The highest BCUT2D eigenvalue weighted by atomic mass is 16.4. The first-order valence-electron chi connectivity index (χ1n) is 9.28. The molecule has 3 nitrogen and oxygen atoms in total. The van der Waals surface area contributed by atoms with Crippen molar-refractivity contribution in [3.63, 3.8) is 0 Å². The number of carboxylic acids is 1. The van der Waals surface area contributed by atoms with Gasteiger partial charge in [0.25, 0.3) is 0 Å². The fraction of sp³-hybridized carbons (Fsp3) is 0.619. The number of allylic oxidation sites excluding steroid dienone is 5. The predicted octanol–water partition coefficient (Wildman–Crippen LogP) is 4.16. The lowest BCUT2D eigenvalue weighted by atomic mass is 9.53. The molecule has 4 rings (SSSR count). The Morgan fingerprint density at radius 1 is 1.33 bits per heavy atom. The fourth-order valence-corrected chi connectivity index (χ4v) is 6.17. The summed E-state index contributed by atoms with van der Waals surface area (Å²) >= 11 is 0. The Bertz CT molecular complexity index is 656. The normalized spacial score (nSPS) is 43.1. The quantitative estimate of drug-likeness (QED) is 0.626. The lowest BCUT2D eigenvalue weighted by Gasteiger charge is -2.51. The topological polar surface area (TPSA) is 54.4 Å². The summed E-state index contributed by atoms with van der Waals surface area (Å²) in [5.41, 5.74) is 2.50. The second kappa shape index (κ2) is 5.72. The Morgan fingerprint density at radius 2 is 2.17 bits per heavy atom. The second-order valence-corrected chi connectivity index (χ2v) is 8.36. The van der Waals surface area contributed by atoms with Crippen LogP contribution in [0.4, 0.5) is 0 Å². The van der Waals surface area contributed by atoms with Gasteiger partial charge in [-0.25, -0.2) is 0 Å². The monoisotopic (exact) mass is 326 g/mol. The van der Waals surface area contributed by atoms with E-state index in [9.17, 15) is 14.7 Å². The largest absolute Gasteiger partial charge is 0.481 e. The van der Waals surface area contributed by atoms with Crippen LogP contribution >= 0.6 is 0 Å². The first-order valence-corrected chi connectivity index (χ1v) is 9.28. The SMILES string of the molecule is C[C@]12CC[C@H]3[C@@H](C=CC4=C(CC(=O)O)CC=C[C@@H]43)[C@@H]1CCC2C=O. The van der Waals surface area contributed by atoms with Crippen molar-refractivity contribution in [2.45, 2.75) is 45.4 Å². The highest BCUT2D eigenvalue weighted by Gasteiger charge is 2.55. The van der Waals surface area contributed by atoms with E-state index in [1.54, 1.807) is 0 Å². The number of carbonyl (C=O) groups excluding carboxylic acids is 1. The van der Waals surface area contributed by atoms with Gasteiger partial charge in [0.2, 0.25) is 0 Å². The molecule has 0 aliphatic heterocycles. The molecule has 0 aromatic heterocycles. The van der Waals surface area contributed by atoms with Crippen LogP contribution in [0.3, 0.4) is 0 Å². The number of rotatable bonds is 3. The summed E-state index contributed by atoms with van der Waals surface area (Å²) < 4.78 is 0. The summed E-state index contributed by atoms with van der Waals surface area (Å²) in [4.78, 5) is 22.7. The van der Waals surface area contributed by atoms with Gasteiger partial charge in [0.05, 0.1) is 6.42 Å². The third kappa shape index (κ3) is 2.24. The maximum Gasteiger partial charge on any atom is 0.307 e. The van der Waals surface area contributed by atoms with E-state index >= 15 is 0 Å². The van der Waals surface area contributed by atoms with Crippen LogP contribution in [-0.2, 0) is 9.59 Å². The van der Waals surface area contributed by atoms with Crippen molar-refractivity contribution in [1.29, 1.82) is 0 Å². The van der Waals surface area contributed by atoms with Crippen molar-refractivity contribution in [2.75, 3.05) is 0 Å². The van der Waals surface area contributed by atoms with Crippen molar-refractivity contribution in [3.8, 4) is 0 Å². The molecule has 2 saturated carbocycles. The van der Waals surface area contributed by atoms with Crippen LogP contribution in [-0.4, -0.2) is 17.4 Å². The van der Waals surface area contributed by atoms with Gasteiger partial charge in [0, 0.05) is 11.8 Å². The average Bonchev–Trinajstić information content (AvgIpc) is 2.90. The molecule has 0 heterocycles. The summed E-state index contributed by atoms with van der Waals surface area (Å²) in [6.45, 7) is 2.33. The van der Waals surface area contributed by atoms with E-state index in [0.717, 1.165) is 37.7 Å². The molecule has 4 aliphatic rings. The van der Waals surface area contributed by atoms with Crippen molar-refractivity contribution in [2.24, 2.45) is 35.0 Å². The van der Waals surface area contributed by atoms with Gasteiger partial charge >= 0.3 is 5.97 Å². The Balaban J connectivity index is 1.68. The molecule has 1 N–H and O–H groups in total. The van der Waals surface area contributed by atoms with E-state index in [-0.39, 0.29) is 17.8 Å². The van der Waals surface area contributed by atoms with Gasteiger partial charge in [-0.1, -0.05) is 36.8 Å². The van der Waals surface area contributed by atoms with Gasteiger partial charge in [0.1, 0.15) is 6.29 Å². The molecule has 0 amide bonds. The molecule has 0 aromatic carbocycles. The van der Waals surface area contributed by atoms with Crippen molar-refractivity contribution in [3.05, 3.63) is 35.5 Å². The molecule has 4 aliphatic carbocycles. The van der Waals surface area contributed by atoms with Crippen LogP contribution in [0, 0.1) is 35.0 Å². The van der Waals surface area contributed by atoms with Crippen LogP contribution in [0.5, 0.6) is 0 Å². The number of aliphatic carboxylic acids is 1. The summed E-state index contributed by atoms with van der Waals surface area (Å²) in [5.74, 6) is 1.58. The summed E-state index contributed by atoms with van der Waals surface area (Å²) in [5, 5.41) is 9.19. The highest BCUT2D eigenvalue weighted by Crippen LogP contribution is 2.61. The molecular formula is C21H26O3. The first kappa shape index (κ1) is 15.9. The molecule has 0 radical (unpaired) electrons. The summed E-state index contributed by atoms with van der Waals surface area (Å²) in [6.07, 6.45) is 15.6. The lowest BCUT2D eigenvalue weighted by molar-refractivity contribution is -0.136. The zero-order chi connectivity index (χ0) is 16.9. The van der Waals surface area contributed by atoms with Crippen LogP contribution in [0.2, 0.25) is 0 Å². The maximum absolute atomic E-state index is 11.5. The molecule has 2 fully saturated rings. The molecule has 0 spiro atoms. The van der Waals surface area contributed by atoms with Gasteiger partial charge in [-0.15, -0.1) is 0 Å². The Morgan fingerprint density at radius 3 is 2.92 bits per heavy atom. The van der Waals surface area contributed by atoms with E-state index in [1.807, 2.05) is 0 Å².